The van der Waals surface area contributed by atoms with Crippen LogP contribution in [0, 0.1) is 6.92 Å². The average Bonchev–Trinajstić information content (AvgIpc) is 2.67. The van der Waals surface area contributed by atoms with Gasteiger partial charge in [-0.05, 0) is 52.2 Å². The number of nitrogens with zero attached hydrogens (tertiary/aromatic N) is 2. The number of hydrogen-bond donors (Lipinski definition) is 1. The summed E-state index contributed by atoms with van der Waals surface area (Å²) in [6, 6.07) is 0.711. The second-order valence-corrected chi connectivity index (χ2v) is 6.50. The number of aromatic nitrogens is 1. The monoisotopic (exact) mass is 281 g/mol. The molecule has 2 rings (SSSR count). The molecule has 1 aromatic rings. The van der Waals surface area contributed by atoms with E-state index in [1.54, 1.807) is 11.3 Å². The lowest BCUT2D eigenvalue weighted by Gasteiger charge is -2.19. The second kappa shape index (κ2) is 7.98. The summed E-state index contributed by atoms with van der Waals surface area (Å²) in [5.74, 6) is 0. The van der Waals surface area contributed by atoms with Crippen molar-refractivity contribution in [2.75, 3.05) is 26.2 Å². The largest absolute Gasteiger partial charge is 0.314 e. The normalized spacial score (nSPS) is 21.5. The van der Waals surface area contributed by atoms with Crippen molar-refractivity contribution in [2.45, 2.75) is 52.0 Å². The van der Waals surface area contributed by atoms with Gasteiger partial charge in [0.15, 0.2) is 0 Å². The molecule has 0 amide bonds. The first-order chi connectivity index (χ1) is 9.28. The predicted octanol–water partition coefficient (Wildman–Crippen LogP) is 2.85. The SMILES string of the molecule is CCCN1CCCC(NCCc2nc(C)cs2)CC1. The number of thiazole rings is 1. The van der Waals surface area contributed by atoms with Gasteiger partial charge in [-0.15, -0.1) is 11.3 Å². The fourth-order valence-corrected chi connectivity index (χ4v) is 3.58. The van der Waals surface area contributed by atoms with E-state index in [-0.39, 0.29) is 0 Å². The smallest absolute Gasteiger partial charge is 0.0940 e. The maximum atomic E-state index is 4.52. The van der Waals surface area contributed by atoms with Gasteiger partial charge in [0.2, 0.25) is 0 Å². The highest BCUT2D eigenvalue weighted by Gasteiger charge is 2.15. The van der Waals surface area contributed by atoms with E-state index in [1.807, 2.05) is 0 Å². The number of aryl methyl sites for hydroxylation is 1. The maximum absolute atomic E-state index is 4.52. The highest BCUT2D eigenvalue weighted by Crippen LogP contribution is 2.12. The molecule has 19 heavy (non-hydrogen) atoms. The van der Waals surface area contributed by atoms with Crippen LogP contribution in [0.1, 0.15) is 43.3 Å². The molecule has 1 fully saturated rings. The third kappa shape index (κ3) is 5.21. The minimum atomic E-state index is 0.711. The summed E-state index contributed by atoms with van der Waals surface area (Å²) >= 11 is 1.79. The lowest BCUT2D eigenvalue weighted by Crippen LogP contribution is -2.32. The zero-order chi connectivity index (χ0) is 13.5. The van der Waals surface area contributed by atoms with Crippen LogP contribution < -0.4 is 5.32 Å². The van der Waals surface area contributed by atoms with E-state index in [9.17, 15) is 0 Å². The number of nitrogens with one attached hydrogen (secondary N) is 1. The molecular formula is C15H27N3S. The van der Waals surface area contributed by atoms with Crippen LogP contribution in [0.5, 0.6) is 0 Å². The molecule has 3 nitrogen and oxygen atoms in total. The van der Waals surface area contributed by atoms with Crippen LogP contribution in [0.2, 0.25) is 0 Å². The van der Waals surface area contributed by atoms with Crippen LogP contribution in [-0.2, 0) is 6.42 Å². The zero-order valence-electron chi connectivity index (χ0n) is 12.3. The molecule has 1 aliphatic heterocycles. The highest BCUT2D eigenvalue weighted by molar-refractivity contribution is 7.09. The van der Waals surface area contributed by atoms with Gasteiger partial charge in [-0.3, -0.25) is 0 Å². The summed E-state index contributed by atoms with van der Waals surface area (Å²) < 4.78 is 0. The molecular weight excluding hydrogens is 254 g/mol. The lowest BCUT2D eigenvalue weighted by atomic mass is 10.1. The second-order valence-electron chi connectivity index (χ2n) is 5.56. The van der Waals surface area contributed by atoms with Gasteiger partial charge in [-0.2, -0.15) is 0 Å². The van der Waals surface area contributed by atoms with E-state index >= 15 is 0 Å². The van der Waals surface area contributed by atoms with Gasteiger partial charge >= 0.3 is 0 Å². The fourth-order valence-electron chi connectivity index (χ4n) is 2.80. The van der Waals surface area contributed by atoms with Crippen molar-refractivity contribution < 1.29 is 0 Å². The average molecular weight is 281 g/mol. The first kappa shape index (κ1) is 14.9. The molecule has 0 saturated carbocycles. The first-order valence-electron chi connectivity index (χ1n) is 7.64. The quantitative estimate of drug-likeness (QED) is 0.869. The molecule has 0 bridgehead atoms. The number of rotatable bonds is 6. The third-order valence-electron chi connectivity index (χ3n) is 3.80. The molecule has 2 heterocycles. The summed E-state index contributed by atoms with van der Waals surface area (Å²) in [5.41, 5.74) is 1.16. The Hall–Kier alpha value is -0.450. The van der Waals surface area contributed by atoms with E-state index in [4.69, 9.17) is 0 Å². The Kier molecular flexibility index (Phi) is 6.28. The van der Waals surface area contributed by atoms with E-state index < -0.39 is 0 Å². The summed E-state index contributed by atoms with van der Waals surface area (Å²) in [7, 11) is 0. The molecule has 0 radical (unpaired) electrons. The van der Waals surface area contributed by atoms with Gasteiger partial charge < -0.3 is 10.2 Å². The van der Waals surface area contributed by atoms with E-state index in [0.29, 0.717) is 6.04 Å². The van der Waals surface area contributed by atoms with Gasteiger partial charge in [0.1, 0.15) is 0 Å². The minimum Gasteiger partial charge on any atom is -0.314 e. The molecule has 1 atom stereocenters. The van der Waals surface area contributed by atoms with Crippen molar-refractivity contribution in [3.63, 3.8) is 0 Å². The van der Waals surface area contributed by atoms with Gasteiger partial charge in [0.05, 0.1) is 5.01 Å². The van der Waals surface area contributed by atoms with Crippen molar-refractivity contribution in [1.29, 1.82) is 0 Å². The molecule has 1 saturated heterocycles. The van der Waals surface area contributed by atoms with Crippen LogP contribution >= 0.6 is 11.3 Å². The van der Waals surface area contributed by atoms with Gasteiger partial charge in [-0.25, -0.2) is 4.98 Å². The molecule has 0 aromatic carbocycles. The van der Waals surface area contributed by atoms with E-state index in [2.05, 4.69) is 34.4 Å². The first-order valence-corrected chi connectivity index (χ1v) is 8.52. The van der Waals surface area contributed by atoms with Crippen molar-refractivity contribution >= 4 is 11.3 Å². The zero-order valence-corrected chi connectivity index (χ0v) is 13.1. The summed E-state index contributed by atoms with van der Waals surface area (Å²) in [4.78, 5) is 7.14. The van der Waals surface area contributed by atoms with E-state index in [0.717, 1.165) is 18.7 Å². The van der Waals surface area contributed by atoms with Crippen LogP contribution in [0.25, 0.3) is 0 Å². The molecule has 1 unspecified atom stereocenters. The summed E-state index contributed by atoms with van der Waals surface area (Å²) in [5, 5.41) is 7.13. The molecule has 0 spiro atoms. The maximum Gasteiger partial charge on any atom is 0.0940 e. The Bertz CT molecular complexity index is 364. The Morgan fingerprint density at radius 3 is 3.05 bits per heavy atom. The Labute approximate surface area is 121 Å². The van der Waals surface area contributed by atoms with Crippen LogP contribution in [0.3, 0.4) is 0 Å². The van der Waals surface area contributed by atoms with Gasteiger partial charge in [0.25, 0.3) is 0 Å². The Morgan fingerprint density at radius 2 is 2.32 bits per heavy atom. The number of hydrogen-bond acceptors (Lipinski definition) is 4. The summed E-state index contributed by atoms with van der Waals surface area (Å²) in [6.07, 6.45) is 6.33. The summed E-state index contributed by atoms with van der Waals surface area (Å²) in [6.45, 7) is 9.24. The molecule has 108 valence electrons. The van der Waals surface area contributed by atoms with Gasteiger partial charge in [-0.1, -0.05) is 6.92 Å². The van der Waals surface area contributed by atoms with Crippen molar-refractivity contribution in [3.8, 4) is 0 Å². The molecule has 0 aliphatic carbocycles. The topological polar surface area (TPSA) is 28.2 Å². The fraction of sp³-hybridized carbons (Fsp3) is 0.800. The molecule has 1 N–H and O–H groups in total. The van der Waals surface area contributed by atoms with Crippen molar-refractivity contribution in [2.24, 2.45) is 0 Å². The standard InChI is InChI=1S/C15H27N3S/c1-3-9-18-10-4-5-14(7-11-18)16-8-6-15-17-13(2)12-19-15/h12,14,16H,3-11H2,1-2H3. The minimum absolute atomic E-state index is 0.711. The molecule has 1 aromatic heterocycles. The van der Waals surface area contributed by atoms with Gasteiger partial charge in [0, 0.05) is 30.1 Å². The molecule has 1 aliphatic rings. The Balaban J connectivity index is 1.65. The van der Waals surface area contributed by atoms with Crippen molar-refractivity contribution in [1.82, 2.24) is 15.2 Å². The van der Waals surface area contributed by atoms with Crippen LogP contribution in [-0.4, -0.2) is 42.1 Å². The highest BCUT2D eigenvalue weighted by atomic mass is 32.1. The van der Waals surface area contributed by atoms with E-state index in [1.165, 1.54) is 50.3 Å². The third-order valence-corrected chi connectivity index (χ3v) is 4.83. The lowest BCUT2D eigenvalue weighted by molar-refractivity contribution is 0.283. The number of likely N-dealkylation sites (tertiary alicyclic amines) is 1. The van der Waals surface area contributed by atoms with Crippen molar-refractivity contribution in [3.05, 3.63) is 16.1 Å². The predicted molar refractivity (Wildman–Crippen MR) is 82.9 cm³/mol. The van der Waals surface area contributed by atoms with Crippen LogP contribution in [0.15, 0.2) is 5.38 Å². The Morgan fingerprint density at radius 1 is 1.42 bits per heavy atom. The van der Waals surface area contributed by atoms with Crippen LogP contribution in [0.4, 0.5) is 0 Å². The molecule has 4 heteroatoms.